The second-order valence-electron chi connectivity index (χ2n) is 6.24. The van der Waals surface area contributed by atoms with Crippen molar-refractivity contribution in [3.63, 3.8) is 0 Å². The Bertz CT molecular complexity index is 805. The maximum absolute atomic E-state index is 5.80. The van der Waals surface area contributed by atoms with Gasteiger partial charge in [-0.25, -0.2) is 4.98 Å². The SMILES string of the molecule is Cc1cccc(OCCCCn2cnc3cc(C)c(C)cc32)c1. The third-order valence-corrected chi connectivity index (χ3v) is 4.29. The fraction of sp³-hybridized carbons (Fsp3) is 0.350. The molecule has 0 amide bonds. The van der Waals surface area contributed by atoms with E-state index in [0.717, 1.165) is 37.3 Å². The molecule has 0 saturated heterocycles. The highest BCUT2D eigenvalue weighted by molar-refractivity contribution is 5.77. The van der Waals surface area contributed by atoms with Crippen LogP contribution in [0.3, 0.4) is 0 Å². The highest BCUT2D eigenvalue weighted by Crippen LogP contribution is 2.19. The van der Waals surface area contributed by atoms with Crippen molar-refractivity contribution in [3.8, 4) is 5.75 Å². The van der Waals surface area contributed by atoms with E-state index in [1.807, 2.05) is 18.5 Å². The van der Waals surface area contributed by atoms with Crippen LogP contribution in [-0.4, -0.2) is 16.2 Å². The van der Waals surface area contributed by atoms with Crippen LogP contribution in [0.1, 0.15) is 29.5 Å². The maximum Gasteiger partial charge on any atom is 0.119 e. The van der Waals surface area contributed by atoms with Crippen molar-refractivity contribution in [1.29, 1.82) is 0 Å². The van der Waals surface area contributed by atoms with E-state index in [2.05, 4.69) is 54.6 Å². The number of unbranched alkanes of at least 4 members (excludes halogenated alkanes) is 1. The number of aryl methyl sites for hydroxylation is 4. The van der Waals surface area contributed by atoms with Gasteiger partial charge in [0, 0.05) is 6.54 Å². The second kappa shape index (κ2) is 6.86. The molecule has 3 rings (SSSR count). The molecule has 3 heteroatoms. The lowest BCUT2D eigenvalue weighted by Gasteiger charge is -2.08. The van der Waals surface area contributed by atoms with E-state index in [9.17, 15) is 0 Å². The van der Waals surface area contributed by atoms with Crippen LogP contribution in [0.2, 0.25) is 0 Å². The molecule has 0 spiro atoms. The molecular weight excluding hydrogens is 284 g/mol. The fourth-order valence-corrected chi connectivity index (χ4v) is 2.77. The van der Waals surface area contributed by atoms with Gasteiger partial charge in [-0.2, -0.15) is 0 Å². The molecule has 0 unspecified atom stereocenters. The van der Waals surface area contributed by atoms with Gasteiger partial charge in [0.05, 0.1) is 24.0 Å². The minimum absolute atomic E-state index is 0.758. The van der Waals surface area contributed by atoms with E-state index < -0.39 is 0 Å². The normalized spacial score (nSPS) is 11.1. The summed E-state index contributed by atoms with van der Waals surface area (Å²) in [6.45, 7) is 8.11. The number of hydrogen-bond acceptors (Lipinski definition) is 2. The number of hydrogen-bond donors (Lipinski definition) is 0. The molecule has 0 aliphatic carbocycles. The average molecular weight is 308 g/mol. The van der Waals surface area contributed by atoms with Gasteiger partial charge in [0.15, 0.2) is 0 Å². The Morgan fingerprint density at radius 2 is 1.83 bits per heavy atom. The molecule has 120 valence electrons. The van der Waals surface area contributed by atoms with E-state index in [0.29, 0.717) is 0 Å². The standard InChI is InChI=1S/C20H24N2O/c1-15-7-6-8-18(11-15)23-10-5-4-9-22-14-21-19-12-16(2)17(3)13-20(19)22/h6-8,11-14H,4-5,9-10H2,1-3H3. The first-order valence-electron chi connectivity index (χ1n) is 8.25. The molecular formula is C20H24N2O. The van der Waals surface area contributed by atoms with Gasteiger partial charge in [-0.3, -0.25) is 0 Å². The number of ether oxygens (including phenoxy) is 1. The molecule has 0 saturated carbocycles. The Kier molecular flexibility index (Phi) is 4.65. The van der Waals surface area contributed by atoms with Gasteiger partial charge < -0.3 is 9.30 Å². The van der Waals surface area contributed by atoms with Crippen molar-refractivity contribution in [3.05, 3.63) is 59.4 Å². The van der Waals surface area contributed by atoms with Crippen molar-refractivity contribution in [2.75, 3.05) is 6.61 Å². The van der Waals surface area contributed by atoms with Gasteiger partial charge >= 0.3 is 0 Å². The molecule has 0 aliphatic rings. The van der Waals surface area contributed by atoms with E-state index in [1.165, 1.54) is 22.2 Å². The van der Waals surface area contributed by atoms with Crippen LogP contribution in [0, 0.1) is 20.8 Å². The summed E-state index contributed by atoms with van der Waals surface area (Å²) in [5.74, 6) is 0.962. The Balaban J connectivity index is 1.52. The Morgan fingerprint density at radius 3 is 2.65 bits per heavy atom. The molecule has 0 aliphatic heterocycles. The molecule has 2 aromatic carbocycles. The van der Waals surface area contributed by atoms with Crippen molar-refractivity contribution in [2.24, 2.45) is 0 Å². The minimum atomic E-state index is 0.758. The summed E-state index contributed by atoms with van der Waals surface area (Å²) in [5.41, 5.74) is 6.17. The van der Waals surface area contributed by atoms with E-state index in [-0.39, 0.29) is 0 Å². The first-order chi connectivity index (χ1) is 11.1. The lowest BCUT2D eigenvalue weighted by Crippen LogP contribution is -2.02. The van der Waals surface area contributed by atoms with Crippen molar-refractivity contribution in [2.45, 2.75) is 40.2 Å². The molecule has 0 bridgehead atoms. The van der Waals surface area contributed by atoms with Crippen LogP contribution in [0.5, 0.6) is 5.75 Å². The summed E-state index contributed by atoms with van der Waals surface area (Å²) in [6.07, 6.45) is 4.08. The molecule has 3 aromatic rings. The molecule has 0 atom stereocenters. The van der Waals surface area contributed by atoms with Gasteiger partial charge in [0.2, 0.25) is 0 Å². The van der Waals surface area contributed by atoms with Crippen molar-refractivity contribution < 1.29 is 4.74 Å². The third-order valence-electron chi connectivity index (χ3n) is 4.29. The summed E-state index contributed by atoms with van der Waals surface area (Å²) < 4.78 is 8.05. The van der Waals surface area contributed by atoms with Gasteiger partial charge in [0.1, 0.15) is 5.75 Å². The smallest absolute Gasteiger partial charge is 0.119 e. The van der Waals surface area contributed by atoms with Gasteiger partial charge in [-0.05, 0) is 74.6 Å². The Labute approximate surface area is 137 Å². The topological polar surface area (TPSA) is 27.1 Å². The summed E-state index contributed by atoms with van der Waals surface area (Å²) in [6, 6.07) is 12.6. The zero-order valence-electron chi connectivity index (χ0n) is 14.2. The van der Waals surface area contributed by atoms with Gasteiger partial charge in [-0.15, -0.1) is 0 Å². The predicted molar refractivity (Wildman–Crippen MR) is 95.1 cm³/mol. The van der Waals surface area contributed by atoms with Crippen molar-refractivity contribution >= 4 is 11.0 Å². The van der Waals surface area contributed by atoms with Crippen LogP contribution in [-0.2, 0) is 6.54 Å². The predicted octanol–water partition coefficient (Wildman–Crippen LogP) is 4.82. The summed E-state index contributed by atoms with van der Waals surface area (Å²) >= 11 is 0. The minimum Gasteiger partial charge on any atom is -0.494 e. The number of benzene rings is 2. The van der Waals surface area contributed by atoms with Crippen LogP contribution in [0.15, 0.2) is 42.7 Å². The monoisotopic (exact) mass is 308 g/mol. The van der Waals surface area contributed by atoms with Gasteiger partial charge in [0.25, 0.3) is 0 Å². The number of fused-ring (bicyclic) bond motifs is 1. The van der Waals surface area contributed by atoms with Crippen LogP contribution in [0.4, 0.5) is 0 Å². The van der Waals surface area contributed by atoms with E-state index in [4.69, 9.17) is 4.74 Å². The molecule has 1 heterocycles. The fourth-order valence-electron chi connectivity index (χ4n) is 2.77. The largest absolute Gasteiger partial charge is 0.494 e. The van der Waals surface area contributed by atoms with Crippen LogP contribution < -0.4 is 4.74 Å². The first-order valence-corrected chi connectivity index (χ1v) is 8.25. The summed E-state index contributed by atoms with van der Waals surface area (Å²) in [7, 11) is 0. The van der Waals surface area contributed by atoms with E-state index in [1.54, 1.807) is 0 Å². The molecule has 3 nitrogen and oxygen atoms in total. The summed E-state index contributed by atoms with van der Waals surface area (Å²) in [5, 5.41) is 0. The maximum atomic E-state index is 5.80. The lowest BCUT2D eigenvalue weighted by atomic mass is 10.1. The third kappa shape index (κ3) is 3.73. The van der Waals surface area contributed by atoms with Gasteiger partial charge in [-0.1, -0.05) is 12.1 Å². The van der Waals surface area contributed by atoms with E-state index >= 15 is 0 Å². The zero-order chi connectivity index (χ0) is 16.2. The lowest BCUT2D eigenvalue weighted by molar-refractivity contribution is 0.303. The first kappa shape index (κ1) is 15.6. The number of rotatable bonds is 6. The van der Waals surface area contributed by atoms with Crippen LogP contribution >= 0.6 is 0 Å². The zero-order valence-corrected chi connectivity index (χ0v) is 14.2. The number of aromatic nitrogens is 2. The number of nitrogens with zero attached hydrogens (tertiary/aromatic N) is 2. The molecule has 0 fully saturated rings. The average Bonchev–Trinajstić information content (AvgIpc) is 2.90. The molecule has 23 heavy (non-hydrogen) atoms. The quantitative estimate of drug-likeness (QED) is 0.610. The summed E-state index contributed by atoms with van der Waals surface area (Å²) in [4.78, 5) is 4.51. The van der Waals surface area contributed by atoms with Crippen LogP contribution in [0.25, 0.3) is 11.0 Å². The molecule has 0 N–H and O–H groups in total. The van der Waals surface area contributed by atoms with Crippen molar-refractivity contribution in [1.82, 2.24) is 9.55 Å². The highest BCUT2D eigenvalue weighted by Gasteiger charge is 2.04. The molecule has 1 aromatic heterocycles. The highest BCUT2D eigenvalue weighted by atomic mass is 16.5. The Morgan fingerprint density at radius 1 is 1.00 bits per heavy atom. The molecule has 0 radical (unpaired) electrons. The second-order valence-corrected chi connectivity index (χ2v) is 6.24. The Hall–Kier alpha value is -2.29. The number of imidazole rings is 1.